The van der Waals surface area contributed by atoms with Crippen LogP contribution in [0.25, 0.3) is 0 Å². The predicted octanol–water partition coefficient (Wildman–Crippen LogP) is 6.92. The second kappa shape index (κ2) is 15.9. The van der Waals surface area contributed by atoms with Crippen molar-refractivity contribution in [2.24, 2.45) is 0 Å². The fourth-order valence-electron chi connectivity index (χ4n) is 4.92. The van der Waals surface area contributed by atoms with Gasteiger partial charge in [-0.3, -0.25) is 13.9 Å². The van der Waals surface area contributed by atoms with Gasteiger partial charge in [-0.2, -0.15) is 0 Å². The number of anilines is 1. The average Bonchev–Trinajstić information content (AvgIpc) is 3.06. The van der Waals surface area contributed by atoms with Crippen LogP contribution in [0.4, 0.5) is 5.69 Å². The quantitative estimate of drug-likeness (QED) is 0.158. The maximum Gasteiger partial charge on any atom is 0.264 e. The van der Waals surface area contributed by atoms with Crippen molar-refractivity contribution < 1.29 is 18.0 Å². The van der Waals surface area contributed by atoms with Gasteiger partial charge in [0.2, 0.25) is 11.8 Å². The van der Waals surface area contributed by atoms with Crippen LogP contribution < -0.4 is 9.62 Å². The standard InChI is InChI=1S/C35H37Cl2N3O4S/c1-3-22-38-35(42)33(23-27-12-7-5-8-13-27)39(24-30-31(36)16-11-17-32(30)37)34(41)25-40(28-20-18-26(4-2)19-21-28)45(43,44)29-14-9-6-10-15-29/h5-21,33H,3-4,22-25H2,1-2H3,(H,38,42). The largest absolute Gasteiger partial charge is 0.354 e. The van der Waals surface area contributed by atoms with Gasteiger partial charge in [0, 0.05) is 35.1 Å². The Kier molecular flexibility index (Phi) is 12.0. The van der Waals surface area contributed by atoms with Crippen LogP contribution in [0.15, 0.2) is 108 Å². The molecule has 1 atom stereocenters. The summed E-state index contributed by atoms with van der Waals surface area (Å²) in [5.74, 6) is -0.945. The molecule has 1 N–H and O–H groups in total. The number of amides is 2. The third kappa shape index (κ3) is 8.66. The number of carbonyl (C=O) groups is 2. The molecule has 0 bridgehead atoms. The van der Waals surface area contributed by atoms with Crippen molar-refractivity contribution in [1.82, 2.24) is 10.2 Å². The lowest BCUT2D eigenvalue weighted by molar-refractivity contribution is -0.140. The Hall–Kier alpha value is -3.85. The van der Waals surface area contributed by atoms with E-state index >= 15 is 0 Å². The number of aryl methyl sites for hydroxylation is 1. The molecule has 4 aromatic rings. The van der Waals surface area contributed by atoms with E-state index in [2.05, 4.69) is 5.32 Å². The summed E-state index contributed by atoms with van der Waals surface area (Å²) in [5, 5.41) is 3.59. The molecule has 0 heterocycles. The highest BCUT2D eigenvalue weighted by Gasteiger charge is 2.35. The van der Waals surface area contributed by atoms with Gasteiger partial charge >= 0.3 is 0 Å². The number of nitrogens with zero attached hydrogens (tertiary/aromatic N) is 2. The number of hydrogen-bond donors (Lipinski definition) is 1. The Morgan fingerprint density at radius 3 is 1.96 bits per heavy atom. The first-order valence-electron chi connectivity index (χ1n) is 14.9. The Bertz CT molecular complexity index is 1670. The Labute approximate surface area is 275 Å². The van der Waals surface area contributed by atoms with Crippen LogP contribution in [-0.4, -0.2) is 44.3 Å². The third-order valence-corrected chi connectivity index (χ3v) is 9.95. The van der Waals surface area contributed by atoms with E-state index in [1.54, 1.807) is 48.5 Å². The Morgan fingerprint density at radius 2 is 1.38 bits per heavy atom. The summed E-state index contributed by atoms with van der Waals surface area (Å²) in [7, 11) is -4.18. The zero-order valence-corrected chi connectivity index (χ0v) is 27.7. The minimum atomic E-state index is -4.18. The maximum absolute atomic E-state index is 14.5. The van der Waals surface area contributed by atoms with Crippen molar-refractivity contribution in [3.05, 3.63) is 130 Å². The highest BCUT2D eigenvalue weighted by molar-refractivity contribution is 7.92. The van der Waals surface area contributed by atoms with Crippen molar-refractivity contribution in [3.8, 4) is 0 Å². The van der Waals surface area contributed by atoms with Crippen LogP contribution in [-0.2, 0) is 39.0 Å². The van der Waals surface area contributed by atoms with E-state index in [9.17, 15) is 18.0 Å². The van der Waals surface area contributed by atoms with Gasteiger partial charge in [-0.15, -0.1) is 0 Å². The van der Waals surface area contributed by atoms with Crippen molar-refractivity contribution in [2.45, 2.75) is 50.6 Å². The van der Waals surface area contributed by atoms with Gasteiger partial charge in [0.15, 0.2) is 0 Å². The van der Waals surface area contributed by atoms with Crippen LogP contribution in [0, 0.1) is 0 Å². The minimum Gasteiger partial charge on any atom is -0.354 e. The molecule has 4 rings (SSSR count). The highest BCUT2D eigenvalue weighted by Crippen LogP contribution is 2.29. The fraction of sp³-hybridized carbons (Fsp3) is 0.257. The van der Waals surface area contributed by atoms with Crippen LogP contribution >= 0.6 is 23.2 Å². The van der Waals surface area contributed by atoms with Crippen molar-refractivity contribution in [2.75, 3.05) is 17.4 Å². The monoisotopic (exact) mass is 665 g/mol. The van der Waals surface area contributed by atoms with Gasteiger partial charge in [0.1, 0.15) is 12.6 Å². The van der Waals surface area contributed by atoms with Gasteiger partial charge in [-0.25, -0.2) is 8.42 Å². The maximum atomic E-state index is 14.5. The zero-order valence-electron chi connectivity index (χ0n) is 25.3. The number of carbonyl (C=O) groups excluding carboxylic acids is 2. The molecule has 2 amide bonds. The summed E-state index contributed by atoms with van der Waals surface area (Å²) in [6.07, 6.45) is 1.66. The second-order valence-electron chi connectivity index (χ2n) is 10.6. The van der Waals surface area contributed by atoms with E-state index in [0.29, 0.717) is 34.3 Å². The molecule has 0 spiro atoms. The van der Waals surface area contributed by atoms with Crippen molar-refractivity contribution in [1.29, 1.82) is 0 Å². The first-order chi connectivity index (χ1) is 21.6. The van der Waals surface area contributed by atoms with Crippen molar-refractivity contribution in [3.63, 3.8) is 0 Å². The van der Waals surface area contributed by atoms with Crippen LogP contribution in [0.5, 0.6) is 0 Å². The smallest absolute Gasteiger partial charge is 0.264 e. The molecule has 1 unspecified atom stereocenters. The molecule has 45 heavy (non-hydrogen) atoms. The Morgan fingerprint density at radius 1 is 0.778 bits per heavy atom. The topological polar surface area (TPSA) is 86.8 Å². The summed E-state index contributed by atoms with van der Waals surface area (Å²) in [5.41, 5.74) is 2.64. The fourth-order valence-corrected chi connectivity index (χ4v) is 6.87. The lowest BCUT2D eigenvalue weighted by Gasteiger charge is -2.34. The highest BCUT2D eigenvalue weighted by atomic mass is 35.5. The molecule has 7 nitrogen and oxygen atoms in total. The lowest BCUT2D eigenvalue weighted by atomic mass is 10.0. The second-order valence-corrected chi connectivity index (χ2v) is 13.2. The normalized spacial score (nSPS) is 11.9. The van der Waals surface area contributed by atoms with Gasteiger partial charge in [0.05, 0.1) is 10.6 Å². The summed E-state index contributed by atoms with van der Waals surface area (Å²) >= 11 is 13.1. The van der Waals surface area contributed by atoms with Gasteiger partial charge in [0.25, 0.3) is 10.0 Å². The molecular weight excluding hydrogens is 629 g/mol. The average molecular weight is 667 g/mol. The molecule has 0 fully saturated rings. The van der Waals surface area contributed by atoms with Crippen LogP contribution in [0.2, 0.25) is 10.0 Å². The summed E-state index contributed by atoms with van der Waals surface area (Å²) in [6.45, 7) is 3.69. The first kappa shape index (κ1) is 34.0. The molecule has 0 radical (unpaired) electrons. The molecule has 0 saturated carbocycles. The van der Waals surface area contributed by atoms with Gasteiger partial charge in [-0.05, 0) is 60.4 Å². The van der Waals surface area contributed by atoms with E-state index in [1.165, 1.54) is 17.0 Å². The molecule has 10 heteroatoms. The molecule has 0 saturated heterocycles. The van der Waals surface area contributed by atoms with E-state index < -0.39 is 28.5 Å². The summed E-state index contributed by atoms with van der Waals surface area (Å²) < 4.78 is 29.3. The van der Waals surface area contributed by atoms with E-state index in [4.69, 9.17) is 23.2 Å². The predicted molar refractivity (Wildman–Crippen MR) is 181 cm³/mol. The number of halogens is 2. The number of nitrogens with one attached hydrogen (secondary N) is 1. The third-order valence-electron chi connectivity index (χ3n) is 7.45. The van der Waals surface area contributed by atoms with Crippen molar-refractivity contribution >= 4 is 50.7 Å². The number of hydrogen-bond acceptors (Lipinski definition) is 4. The SMILES string of the molecule is CCCNC(=O)C(Cc1ccccc1)N(Cc1c(Cl)cccc1Cl)C(=O)CN(c1ccc(CC)cc1)S(=O)(=O)c1ccccc1. The summed E-state index contributed by atoms with van der Waals surface area (Å²) in [4.78, 5) is 29.7. The molecule has 0 aromatic heterocycles. The number of sulfonamides is 1. The molecule has 0 aliphatic heterocycles. The molecule has 0 aliphatic carbocycles. The molecule has 4 aromatic carbocycles. The van der Waals surface area contributed by atoms with E-state index in [0.717, 1.165) is 21.9 Å². The van der Waals surface area contributed by atoms with Crippen LogP contribution in [0.1, 0.15) is 37.0 Å². The number of benzene rings is 4. The minimum absolute atomic E-state index is 0.0413. The Balaban J connectivity index is 1.82. The zero-order chi connectivity index (χ0) is 32.4. The number of rotatable bonds is 14. The first-order valence-corrected chi connectivity index (χ1v) is 17.1. The molecule has 0 aliphatic rings. The van der Waals surface area contributed by atoms with E-state index in [-0.39, 0.29) is 23.8 Å². The van der Waals surface area contributed by atoms with Gasteiger partial charge < -0.3 is 10.2 Å². The lowest BCUT2D eigenvalue weighted by Crippen LogP contribution is -2.53. The van der Waals surface area contributed by atoms with Gasteiger partial charge in [-0.1, -0.05) is 104 Å². The molecular formula is C35H37Cl2N3O4S. The summed E-state index contributed by atoms with van der Waals surface area (Å²) in [6, 6.07) is 28.4. The van der Waals surface area contributed by atoms with E-state index in [1.807, 2.05) is 56.3 Å². The van der Waals surface area contributed by atoms with Crippen LogP contribution in [0.3, 0.4) is 0 Å². The molecule has 236 valence electrons.